The molecule has 1 fully saturated rings. The van der Waals surface area contributed by atoms with Crippen molar-refractivity contribution in [3.05, 3.63) is 89.9 Å². The summed E-state index contributed by atoms with van der Waals surface area (Å²) in [7, 11) is -3.67. The molecule has 0 bridgehead atoms. The Morgan fingerprint density at radius 2 is 1.84 bits per heavy atom. The molecule has 222 valence electrons. The van der Waals surface area contributed by atoms with E-state index in [1.807, 2.05) is 42.6 Å². The number of thiazole rings is 1. The quantitative estimate of drug-likeness (QED) is 0.255. The van der Waals surface area contributed by atoms with Crippen LogP contribution in [0.2, 0.25) is 0 Å². The first kappa shape index (κ1) is 29.1. The van der Waals surface area contributed by atoms with Crippen molar-refractivity contribution in [3.63, 3.8) is 0 Å². The third-order valence-corrected chi connectivity index (χ3v) is 9.98. The highest BCUT2D eigenvalue weighted by Crippen LogP contribution is 2.38. The molecule has 10 nitrogen and oxygen atoms in total. The van der Waals surface area contributed by atoms with Gasteiger partial charge in [0.25, 0.3) is 0 Å². The summed E-state index contributed by atoms with van der Waals surface area (Å²) >= 11 is 1.58. The van der Waals surface area contributed by atoms with Crippen molar-refractivity contribution in [2.75, 3.05) is 36.5 Å². The number of nitrogens with zero attached hydrogens (tertiary/aromatic N) is 5. The number of benzene rings is 1. The first-order chi connectivity index (χ1) is 20.9. The van der Waals surface area contributed by atoms with Gasteiger partial charge < -0.3 is 15.0 Å². The van der Waals surface area contributed by atoms with Crippen LogP contribution in [0.3, 0.4) is 0 Å². The van der Waals surface area contributed by atoms with E-state index in [0.717, 1.165) is 58.8 Å². The number of hydrogen-bond acceptors (Lipinski definition) is 10. The van der Waals surface area contributed by atoms with Gasteiger partial charge in [-0.25, -0.2) is 33.1 Å². The van der Waals surface area contributed by atoms with Crippen molar-refractivity contribution in [3.8, 4) is 10.6 Å². The maximum absolute atomic E-state index is 13.0. The zero-order chi connectivity index (χ0) is 29.8. The predicted octanol–water partition coefficient (Wildman–Crippen LogP) is 5.39. The smallest absolute Gasteiger partial charge is 0.241 e. The molecule has 43 heavy (non-hydrogen) atoms. The van der Waals surface area contributed by atoms with Gasteiger partial charge in [-0.3, -0.25) is 0 Å². The lowest BCUT2D eigenvalue weighted by atomic mass is 10.00. The number of sulfonamides is 1. The molecule has 6 rings (SSSR count). The van der Waals surface area contributed by atoms with Gasteiger partial charge in [0.05, 0.1) is 51.3 Å². The van der Waals surface area contributed by atoms with E-state index in [9.17, 15) is 8.42 Å². The molecule has 1 unspecified atom stereocenters. The van der Waals surface area contributed by atoms with Crippen LogP contribution < -0.4 is 14.9 Å². The summed E-state index contributed by atoms with van der Waals surface area (Å²) in [6, 6.07) is 13.8. The highest BCUT2D eigenvalue weighted by atomic mass is 32.2. The minimum atomic E-state index is -3.67. The number of hydrogen-bond donors (Lipinski definition) is 2. The molecule has 1 aliphatic carbocycles. The van der Waals surface area contributed by atoms with Gasteiger partial charge in [-0.1, -0.05) is 50.3 Å². The molecule has 12 heteroatoms. The Bertz CT molecular complexity index is 1730. The van der Waals surface area contributed by atoms with E-state index in [2.05, 4.69) is 38.8 Å². The van der Waals surface area contributed by atoms with Crippen LogP contribution in [-0.2, 0) is 14.8 Å². The van der Waals surface area contributed by atoms with Crippen molar-refractivity contribution in [2.24, 2.45) is 0 Å². The summed E-state index contributed by atoms with van der Waals surface area (Å²) in [6.07, 6.45) is 10.0. The fraction of sp³-hybridized carbons (Fsp3) is 0.290. The van der Waals surface area contributed by atoms with Crippen LogP contribution in [0.1, 0.15) is 36.9 Å². The zero-order valence-electron chi connectivity index (χ0n) is 24.0. The number of morpholine rings is 1. The number of aromatic nitrogens is 4. The molecule has 4 aromatic rings. The largest absolute Gasteiger partial charge is 0.378 e. The Hall–Kier alpha value is -3.97. The van der Waals surface area contributed by atoms with Crippen LogP contribution in [0.25, 0.3) is 16.1 Å². The third kappa shape index (κ3) is 6.83. The van der Waals surface area contributed by atoms with Gasteiger partial charge in [0.2, 0.25) is 16.0 Å². The van der Waals surface area contributed by atoms with Crippen LogP contribution in [0.4, 0.5) is 17.5 Å². The fourth-order valence-electron chi connectivity index (χ4n) is 4.87. The Morgan fingerprint density at radius 1 is 1.02 bits per heavy atom. The highest BCUT2D eigenvalue weighted by molar-refractivity contribution is 7.89. The lowest BCUT2D eigenvalue weighted by molar-refractivity contribution is 0.122. The molecule has 1 atom stereocenters. The lowest BCUT2D eigenvalue weighted by Crippen LogP contribution is -2.36. The van der Waals surface area contributed by atoms with Crippen molar-refractivity contribution >= 4 is 44.4 Å². The monoisotopic (exact) mass is 615 g/mol. The molecule has 2 aliphatic rings. The summed E-state index contributed by atoms with van der Waals surface area (Å²) in [5.74, 6) is 1.29. The first-order valence-electron chi connectivity index (χ1n) is 14.2. The number of rotatable bonds is 9. The third-order valence-electron chi connectivity index (χ3n) is 7.09. The number of nitrogens with one attached hydrogen (secondary N) is 2. The summed E-state index contributed by atoms with van der Waals surface area (Å²) in [6.45, 7) is 7.34. The van der Waals surface area contributed by atoms with Crippen LogP contribution in [0, 0.1) is 0 Å². The van der Waals surface area contributed by atoms with E-state index < -0.39 is 16.1 Å². The molecule has 4 heterocycles. The second-order valence-corrected chi connectivity index (χ2v) is 13.3. The van der Waals surface area contributed by atoms with Gasteiger partial charge in [-0.15, -0.1) is 11.3 Å². The van der Waals surface area contributed by atoms with E-state index in [0.29, 0.717) is 18.2 Å². The minimum absolute atomic E-state index is 0.215. The lowest BCUT2D eigenvalue weighted by Gasteiger charge is -2.28. The molecule has 1 aromatic carbocycles. The Kier molecular flexibility index (Phi) is 8.61. The molecule has 0 spiro atoms. The average molecular weight is 616 g/mol. The van der Waals surface area contributed by atoms with Crippen molar-refractivity contribution in [1.82, 2.24) is 24.7 Å². The van der Waals surface area contributed by atoms with E-state index in [4.69, 9.17) is 14.7 Å². The Morgan fingerprint density at radius 3 is 2.58 bits per heavy atom. The van der Waals surface area contributed by atoms with Crippen LogP contribution in [-0.4, -0.2) is 60.7 Å². The molecule has 0 amide bonds. The van der Waals surface area contributed by atoms with Gasteiger partial charge >= 0.3 is 0 Å². The summed E-state index contributed by atoms with van der Waals surface area (Å²) in [4.78, 5) is 22.2. The Balaban J connectivity index is 1.25. The normalized spacial score (nSPS) is 17.2. The average Bonchev–Trinajstić information content (AvgIpc) is 3.49. The van der Waals surface area contributed by atoms with Crippen LogP contribution in [0.15, 0.2) is 84.0 Å². The number of pyridine rings is 1. The second kappa shape index (κ2) is 12.7. The van der Waals surface area contributed by atoms with Gasteiger partial charge in [-0.2, -0.15) is 0 Å². The molecule has 3 aromatic heterocycles. The first-order valence-corrected chi connectivity index (χ1v) is 16.5. The van der Waals surface area contributed by atoms with E-state index in [1.165, 1.54) is 0 Å². The SMILES string of the molecule is CC(C)c1nc(C2=CC(NS(=O)(=O)c3ccccc3)CC=C2)c(-c2ccnc(Nc3ccc(N4CCOCC4)cn3)n2)s1. The Labute approximate surface area is 255 Å². The minimum Gasteiger partial charge on any atom is -0.378 e. The predicted molar refractivity (Wildman–Crippen MR) is 170 cm³/mol. The summed E-state index contributed by atoms with van der Waals surface area (Å²) in [5, 5.41) is 4.20. The van der Waals surface area contributed by atoms with Gasteiger partial charge in [0.15, 0.2) is 0 Å². The molecule has 1 aliphatic heterocycles. The summed E-state index contributed by atoms with van der Waals surface area (Å²) in [5.41, 5.74) is 3.39. The highest BCUT2D eigenvalue weighted by Gasteiger charge is 2.24. The number of anilines is 3. The van der Waals surface area contributed by atoms with E-state index in [-0.39, 0.29) is 10.8 Å². The molecule has 0 radical (unpaired) electrons. The molecule has 2 N–H and O–H groups in total. The fourth-order valence-corrected chi connectivity index (χ4v) is 7.14. The van der Waals surface area contributed by atoms with E-state index >= 15 is 0 Å². The van der Waals surface area contributed by atoms with Crippen LogP contribution in [0.5, 0.6) is 0 Å². The maximum atomic E-state index is 13.0. The summed E-state index contributed by atoms with van der Waals surface area (Å²) < 4.78 is 34.3. The van der Waals surface area contributed by atoms with Crippen molar-refractivity contribution in [2.45, 2.75) is 37.1 Å². The van der Waals surface area contributed by atoms with Gasteiger partial charge in [0.1, 0.15) is 5.82 Å². The van der Waals surface area contributed by atoms with Crippen LogP contribution >= 0.6 is 11.3 Å². The molecular formula is C31H33N7O3S2. The zero-order valence-corrected chi connectivity index (χ0v) is 25.6. The van der Waals surface area contributed by atoms with E-state index in [1.54, 1.807) is 47.9 Å². The number of allylic oxidation sites excluding steroid dienone is 2. The molecule has 1 saturated heterocycles. The maximum Gasteiger partial charge on any atom is 0.241 e. The number of ether oxygens (including phenoxy) is 1. The van der Waals surface area contributed by atoms with Crippen molar-refractivity contribution in [1.29, 1.82) is 0 Å². The molecular weight excluding hydrogens is 583 g/mol. The van der Waals surface area contributed by atoms with Gasteiger partial charge in [0, 0.05) is 31.2 Å². The second-order valence-electron chi connectivity index (χ2n) is 10.6. The van der Waals surface area contributed by atoms with Crippen molar-refractivity contribution < 1.29 is 13.2 Å². The standard InChI is InChI=1S/C31H33N7O3S2/c1-21(2)30-36-28(22-7-6-8-23(19-22)37-43(39,40)25-9-4-3-5-10-25)29(42-30)26-13-14-32-31(34-26)35-27-12-11-24(20-33-27)38-15-17-41-18-16-38/h3-7,9-14,19-21,23,37H,8,15-18H2,1-2H3,(H,32,33,34,35). The van der Waals surface area contributed by atoms with Gasteiger partial charge in [-0.05, 0) is 42.3 Å². The molecule has 0 saturated carbocycles. The topological polar surface area (TPSA) is 122 Å².